The van der Waals surface area contributed by atoms with Crippen LogP contribution >= 0.6 is 11.3 Å². The highest BCUT2D eigenvalue weighted by atomic mass is 32.1. The molecule has 6 nitrogen and oxygen atoms in total. The lowest BCUT2D eigenvalue weighted by atomic mass is 9.93. The normalized spacial score (nSPS) is 18.4. The van der Waals surface area contributed by atoms with Crippen LogP contribution < -0.4 is 4.90 Å². The summed E-state index contributed by atoms with van der Waals surface area (Å²) in [6.45, 7) is 6.13. The van der Waals surface area contributed by atoms with E-state index in [0.717, 1.165) is 16.7 Å². The lowest BCUT2D eigenvalue weighted by Gasteiger charge is -2.23. The number of anilines is 1. The molecule has 30 heavy (non-hydrogen) atoms. The Morgan fingerprint density at radius 2 is 1.73 bits per heavy atom. The van der Waals surface area contributed by atoms with Crippen molar-refractivity contribution in [1.29, 1.82) is 0 Å². The molecule has 1 aliphatic rings. The second-order valence-corrected chi connectivity index (χ2v) is 8.39. The maximum Gasteiger partial charge on any atom is 0.301 e. The highest BCUT2D eigenvalue weighted by Gasteiger charge is 2.48. The zero-order valence-corrected chi connectivity index (χ0v) is 17.7. The van der Waals surface area contributed by atoms with Crippen LogP contribution in [0.25, 0.3) is 5.76 Å². The SMILES string of the molecule is Cc1ccc(C(O)=C2C(=O)C(=O)N(c3nncs3)[C@@H]2c2ccc(C(C)C)cc2)cc1. The van der Waals surface area contributed by atoms with Crippen LogP contribution in [0, 0.1) is 6.92 Å². The van der Waals surface area contributed by atoms with Gasteiger partial charge in [-0.2, -0.15) is 0 Å². The van der Waals surface area contributed by atoms with Crippen molar-refractivity contribution < 1.29 is 14.7 Å². The summed E-state index contributed by atoms with van der Waals surface area (Å²) in [6.07, 6.45) is 0. The third-order valence-corrected chi connectivity index (χ3v) is 5.93. The number of Topliss-reactive ketones (excluding diaryl/α,β-unsaturated/α-hetero) is 1. The van der Waals surface area contributed by atoms with Crippen molar-refractivity contribution in [2.75, 3.05) is 4.90 Å². The molecular weight excluding hydrogens is 398 g/mol. The second kappa shape index (κ2) is 7.84. The largest absolute Gasteiger partial charge is 0.507 e. The number of benzene rings is 2. The molecule has 4 rings (SSSR count). The van der Waals surface area contributed by atoms with Gasteiger partial charge < -0.3 is 5.11 Å². The van der Waals surface area contributed by atoms with E-state index < -0.39 is 17.7 Å². The summed E-state index contributed by atoms with van der Waals surface area (Å²) in [6, 6.07) is 14.1. The van der Waals surface area contributed by atoms with Gasteiger partial charge >= 0.3 is 5.91 Å². The van der Waals surface area contributed by atoms with Gasteiger partial charge in [0, 0.05) is 5.56 Å². The van der Waals surface area contributed by atoms with Crippen molar-refractivity contribution in [1.82, 2.24) is 10.2 Å². The van der Waals surface area contributed by atoms with E-state index >= 15 is 0 Å². The first kappa shape index (κ1) is 20.0. The van der Waals surface area contributed by atoms with Crippen LogP contribution in [0.3, 0.4) is 0 Å². The van der Waals surface area contributed by atoms with E-state index in [2.05, 4.69) is 24.0 Å². The molecule has 2 heterocycles. The summed E-state index contributed by atoms with van der Waals surface area (Å²) in [5.41, 5.74) is 4.94. The smallest absolute Gasteiger partial charge is 0.301 e. The molecule has 0 bridgehead atoms. The molecule has 1 aliphatic heterocycles. The van der Waals surface area contributed by atoms with Crippen LogP contribution in [0.4, 0.5) is 5.13 Å². The lowest BCUT2D eigenvalue weighted by molar-refractivity contribution is -0.132. The van der Waals surface area contributed by atoms with Gasteiger partial charge in [-0.1, -0.05) is 79.3 Å². The average Bonchev–Trinajstić information content (AvgIpc) is 3.35. The number of hydrogen-bond donors (Lipinski definition) is 1. The van der Waals surface area contributed by atoms with E-state index in [1.54, 1.807) is 12.1 Å². The van der Waals surface area contributed by atoms with Crippen molar-refractivity contribution in [2.45, 2.75) is 32.7 Å². The van der Waals surface area contributed by atoms with Crippen LogP contribution in [-0.4, -0.2) is 27.0 Å². The number of ketones is 1. The van der Waals surface area contributed by atoms with E-state index in [1.165, 1.54) is 21.7 Å². The molecule has 1 saturated heterocycles. The van der Waals surface area contributed by atoms with E-state index in [-0.39, 0.29) is 11.3 Å². The molecule has 0 aliphatic carbocycles. The number of rotatable bonds is 4. The Kier molecular flexibility index (Phi) is 5.22. The molecule has 0 radical (unpaired) electrons. The first-order valence-corrected chi connectivity index (χ1v) is 10.5. The van der Waals surface area contributed by atoms with Crippen LogP contribution in [0.5, 0.6) is 0 Å². The number of aliphatic hydroxyl groups is 1. The number of amides is 1. The minimum atomic E-state index is -0.777. The van der Waals surface area contributed by atoms with Crippen molar-refractivity contribution in [3.63, 3.8) is 0 Å². The molecule has 1 amide bonds. The number of carbonyl (C=O) groups excluding carboxylic acids is 2. The van der Waals surface area contributed by atoms with Gasteiger partial charge in [0.15, 0.2) is 0 Å². The van der Waals surface area contributed by atoms with Crippen LogP contribution in [0.1, 0.15) is 48.1 Å². The Hall–Kier alpha value is -3.32. The highest BCUT2D eigenvalue weighted by Crippen LogP contribution is 2.42. The van der Waals surface area contributed by atoms with Gasteiger partial charge in [-0.05, 0) is 24.0 Å². The maximum absolute atomic E-state index is 13.0. The zero-order chi connectivity index (χ0) is 21.4. The van der Waals surface area contributed by atoms with Crippen molar-refractivity contribution in [3.05, 3.63) is 81.9 Å². The molecule has 1 fully saturated rings. The minimum absolute atomic E-state index is 0.0522. The molecule has 0 unspecified atom stereocenters. The molecule has 0 spiro atoms. The topological polar surface area (TPSA) is 83.4 Å². The molecule has 152 valence electrons. The highest BCUT2D eigenvalue weighted by molar-refractivity contribution is 7.13. The quantitative estimate of drug-likeness (QED) is 0.380. The number of carbonyl (C=O) groups is 2. The molecule has 1 N–H and O–H groups in total. The fraction of sp³-hybridized carbons (Fsp3) is 0.217. The van der Waals surface area contributed by atoms with E-state index in [9.17, 15) is 14.7 Å². The summed E-state index contributed by atoms with van der Waals surface area (Å²) in [7, 11) is 0. The average molecular weight is 420 g/mol. The van der Waals surface area contributed by atoms with Crippen molar-refractivity contribution in [2.24, 2.45) is 0 Å². The Balaban J connectivity index is 1.90. The number of nitrogens with zero attached hydrogens (tertiary/aromatic N) is 3. The minimum Gasteiger partial charge on any atom is -0.507 e. The van der Waals surface area contributed by atoms with E-state index in [4.69, 9.17) is 0 Å². The van der Waals surface area contributed by atoms with Crippen LogP contribution in [0.15, 0.2) is 59.6 Å². The fourth-order valence-corrected chi connectivity index (χ4v) is 4.13. The zero-order valence-electron chi connectivity index (χ0n) is 16.9. The van der Waals surface area contributed by atoms with Crippen LogP contribution in [0.2, 0.25) is 0 Å². The van der Waals surface area contributed by atoms with Gasteiger partial charge in [0.05, 0.1) is 11.6 Å². The number of aromatic nitrogens is 2. The monoisotopic (exact) mass is 419 g/mol. The molecule has 1 aromatic heterocycles. The summed E-state index contributed by atoms with van der Waals surface area (Å²) < 4.78 is 0. The number of aryl methyl sites for hydroxylation is 1. The third-order valence-electron chi connectivity index (χ3n) is 5.24. The fourth-order valence-electron chi connectivity index (χ4n) is 3.55. The molecule has 2 aromatic carbocycles. The van der Waals surface area contributed by atoms with E-state index in [0.29, 0.717) is 16.6 Å². The van der Waals surface area contributed by atoms with Gasteiger partial charge in [-0.3, -0.25) is 14.5 Å². The first-order valence-electron chi connectivity index (χ1n) is 9.62. The number of aliphatic hydroxyl groups excluding tert-OH is 1. The van der Waals surface area contributed by atoms with Crippen molar-refractivity contribution in [3.8, 4) is 0 Å². The molecule has 7 heteroatoms. The second-order valence-electron chi connectivity index (χ2n) is 7.58. The summed E-state index contributed by atoms with van der Waals surface area (Å²) >= 11 is 1.17. The van der Waals surface area contributed by atoms with Crippen molar-refractivity contribution >= 4 is 33.9 Å². The summed E-state index contributed by atoms with van der Waals surface area (Å²) in [5, 5.41) is 19.2. The standard InChI is InChI=1S/C23H21N3O3S/c1-13(2)15-8-10-16(11-9-15)19-18(20(27)17-6-4-14(3)5-7-17)21(28)22(29)26(19)23-25-24-12-30-23/h4-13,19,27H,1-3H3/t19-/m1/s1. The third kappa shape index (κ3) is 3.41. The molecule has 3 aromatic rings. The predicted molar refractivity (Wildman–Crippen MR) is 116 cm³/mol. The lowest BCUT2D eigenvalue weighted by Crippen LogP contribution is -2.29. The van der Waals surface area contributed by atoms with E-state index in [1.807, 2.05) is 43.3 Å². The predicted octanol–water partition coefficient (Wildman–Crippen LogP) is 4.60. The Bertz CT molecular complexity index is 1120. The van der Waals surface area contributed by atoms with Gasteiger partial charge in [0.2, 0.25) is 5.13 Å². The Morgan fingerprint density at radius 3 is 2.30 bits per heavy atom. The Morgan fingerprint density at radius 1 is 1.07 bits per heavy atom. The van der Waals surface area contributed by atoms with Gasteiger partial charge in [-0.25, -0.2) is 0 Å². The maximum atomic E-state index is 13.0. The molecular formula is C23H21N3O3S. The van der Waals surface area contributed by atoms with Gasteiger partial charge in [-0.15, -0.1) is 10.2 Å². The summed E-state index contributed by atoms with van der Waals surface area (Å²) in [5.74, 6) is -1.31. The first-order chi connectivity index (χ1) is 14.4. The molecule has 1 atom stereocenters. The van der Waals surface area contributed by atoms with Gasteiger partial charge in [0.1, 0.15) is 11.3 Å². The Labute approximate surface area is 178 Å². The molecule has 0 saturated carbocycles. The number of hydrogen-bond acceptors (Lipinski definition) is 6. The van der Waals surface area contributed by atoms with Crippen LogP contribution in [-0.2, 0) is 9.59 Å². The summed E-state index contributed by atoms with van der Waals surface area (Å²) in [4.78, 5) is 27.3. The van der Waals surface area contributed by atoms with Gasteiger partial charge in [0.25, 0.3) is 5.78 Å².